The van der Waals surface area contributed by atoms with Gasteiger partial charge in [0.25, 0.3) is 5.91 Å². The number of carbonyl (C=O) groups excluding carboxylic acids is 1. The highest BCUT2D eigenvalue weighted by atomic mass is 19.1. The number of aromatic nitrogens is 2. The second kappa shape index (κ2) is 8.56. The number of carbonyl (C=O) groups is 1. The van der Waals surface area contributed by atoms with E-state index in [9.17, 15) is 9.18 Å². The van der Waals surface area contributed by atoms with Gasteiger partial charge in [-0.25, -0.2) is 9.37 Å². The number of imidazole rings is 1. The fourth-order valence-electron chi connectivity index (χ4n) is 3.07. The van der Waals surface area contributed by atoms with Gasteiger partial charge in [0.2, 0.25) is 0 Å². The first kappa shape index (κ1) is 20.1. The Morgan fingerprint density at radius 2 is 2.03 bits per heavy atom. The first-order valence-corrected chi connectivity index (χ1v) is 9.06. The minimum absolute atomic E-state index is 0.281. The molecular formula is C23H22FN3O2. The van der Waals surface area contributed by atoms with Crippen LogP contribution in [-0.2, 0) is 7.05 Å². The monoisotopic (exact) mass is 391 g/mol. The van der Waals surface area contributed by atoms with Gasteiger partial charge in [0, 0.05) is 12.7 Å². The summed E-state index contributed by atoms with van der Waals surface area (Å²) in [6.45, 7) is 5.28. The smallest absolute Gasteiger partial charge is 0.259 e. The lowest BCUT2D eigenvalue weighted by molar-refractivity contribution is 0.102. The Kier molecular flexibility index (Phi) is 5.93. The maximum absolute atomic E-state index is 14.3. The molecule has 0 aliphatic rings. The third-order valence-corrected chi connectivity index (χ3v) is 4.53. The molecule has 0 atom stereocenters. The topological polar surface area (TPSA) is 56.1 Å². The van der Waals surface area contributed by atoms with E-state index in [4.69, 9.17) is 4.74 Å². The number of allylic oxidation sites excluding steroid dienone is 5. The van der Waals surface area contributed by atoms with Gasteiger partial charge in [0.05, 0.1) is 29.3 Å². The van der Waals surface area contributed by atoms with Gasteiger partial charge in [-0.2, -0.15) is 0 Å². The lowest BCUT2D eigenvalue weighted by atomic mass is 10.2. The molecule has 0 fully saturated rings. The molecule has 0 aliphatic carbocycles. The van der Waals surface area contributed by atoms with Crippen LogP contribution in [0.5, 0.6) is 5.75 Å². The minimum atomic E-state index is -0.381. The molecule has 0 bridgehead atoms. The van der Waals surface area contributed by atoms with Crippen LogP contribution in [0, 0.1) is 0 Å². The minimum Gasteiger partial charge on any atom is -0.496 e. The summed E-state index contributed by atoms with van der Waals surface area (Å²) in [5.74, 6) is 0.308. The van der Waals surface area contributed by atoms with Crippen LogP contribution in [0.15, 0.2) is 73.1 Å². The van der Waals surface area contributed by atoms with Gasteiger partial charge in [0.15, 0.2) is 0 Å². The summed E-state index contributed by atoms with van der Waals surface area (Å²) in [6.07, 6.45) is 4.49. The Morgan fingerprint density at radius 1 is 1.28 bits per heavy atom. The first-order valence-electron chi connectivity index (χ1n) is 9.06. The maximum atomic E-state index is 14.3. The van der Waals surface area contributed by atoms with Crippen molar-refractivity contribution in [2.75, 3.05) is 12.4 Å². The fourth-order valence-corrected chi connectivity index (χ4v) is 3.07. The number of rotatable bonds is 6. The Hall–Kier alpha value is -3.67. The summed E-state index contributed by atoms with van der Waals surface area (Å²) < 4.78 is 21.3. The van der Waals surface area contributed by atoms with Crippen LogP contribution in [0.2, 0.25) is 0 Å². The molecule has 1 aromatic heterocycles. The Labute approximate surface area is 168 Å². The van der Waals surface area contributed by atoms with Crippen molar-refractivity contribution in [2.45, 2.75) is 6.92 Å². The maximum Gasteiger partial charge on any atom is 0.259 e. The zero-order valence-corrected chi connectivity index (χ0v) is 16.6. The summed E-state index contributed by atoms with van der Waals surface area (Å²) in [5, 5.41) is 2.87. The molecule has 29 heavy (non-hydrogen) atoms. The SMILES string of the molecule is C=C/C=C(\C(F)=C/C)c1nc2ccc(NC(=O)c3ccccc3OC)cc2n1C. The van der Waals surface area contributed by atoms with Gasteiger partial charge in [-0.15, -0.1) is 0 Å². The summed E-state index contributed by atoms with van der Waals surface area (Å²) in [5.41, 5.74) is 2.84. The largest absolute Gasteiger partial charge is 0.496 e. The number of amides is 1. The summed E-state index contributed by atoms with van der Waals surface area (Å²) in [6, 6.07) is 12.4. The number of methoxy groups -OCH3 is 1. The Morgan fingerprint density at radius 3 is 2.72 bits per heavy atom. The average Bonchev–Trinajstić information content (AvgIpc) is 3.07. The second-order valence-corrected chi connectivity index (χ2v) is 6.30. The average molecular weight is 391 g/mol. The van der Waals surface area contributed by atoms with Gasteiger partial charge in [0.1, 0.15) is 17.4 Å². The molecule has 0 spiro atoms. The van der Waals surface area contributed by atoms with Crippen molar-refractivity contribution < 1.29 is 13.9 Å². The van der Waals surface area contributed by atoms with Gasteiger partial charge in [-0.1, -0.05) is 30.9 Å². The molecule has 0 unspecified atom stereocenters. The number of para-hydroxylation sites is 1. The normalized spacial score (nSPS) is 12.1. The number of halogens is 1. The van der Waals surface area contributed by atoms with Crippen molar-refractivity contribution in [1.82, 2.24) is 9.55 Å². The van der Waals surface area contributed by atoms with E-state index >= 15 is 0 Å². The summed E-state index contributed by atoms with van der Waals surface area (Å²) >= 11 is 0. The summed E-state index contributed by atoms with van der Waals surface area (Å²) in [4.78, 5) is 17.2. The van der Waals surface area contributed by atoms with Crippen LogP contribution in [0.3, 0.4) is 0 Å². The van der Waals surface area contributed by atoms with Gasteiger partial charge in [-0.05, 0) is 43.3 Å². The molecule has 3 rings (SSSR count). The van der Waals surface area contributed by atoms with Crippen molar-refractivity contribution in [1.29, 1.82) is 0 Å². The van der Waals surface area contributed by atoms with Gasteiger partial charge < -0.3 is 14.6 Å². The number of benzene rings is 2. The van der Waals surface area contributed by atoms with Crippen molar-refractivity contribution in [3.8, 4) is 5.75 Å². The highest BCUT2D eigenvalue weighted by molar-refractivity contribution is 6.06. The Bertz CT molecular complexity index is 1140. The van der Waals surface area contributed by atoms with Crippen LogP contribution >= 0.6 is 0 Å². The molecule has 0 aliphatic heterocycles. The third kappa shape index (κ3) is 3.96. The van der Waals surface area contributed by atoms with Crippen LogP contribution in [0.1, 0.15) is 23.1 Å². The summed E-state index contributed by atoms with van der Waals surface area (Å²) in [7, 11) is 3.32. The van der Waals surface area contributed by atoms with E-state index in [1.165, 1.54) is 19.3 Å². The predicted molar refractivity (Wildman–Crippen MR) is 115 cm³/mol. The predicted octanol–water partition coefficient (Wildman–Crippen LogP) is 5.28. The number of hydrogen-bond acceptors (Lipinski definition) is 3. The van der Waals surface area contributed by atoms with E-state index in [0.29, 0.717) is 33.9 Å². The van der Waals surface area contributed by atoms with Crippen molar-refractivity contribution in [2.24, 2.45) is 7.05 Å². The molecule has 1 N–H and O–H groups in total. The molecule has 1 amide bonds. The number of aryl methyl sites for hydroxylation is 1. The zero-order chi connectivity index (χ0) is 21.0. The Balaban J connectivity index is 1.99. The van der Waals surface area contributed by atoms with Crippen LogP contribution in [0.4, 0.5) is 10.1 Å². The molecule has 0 saturated heterocycles. The van der Waals surface area contributed by atoms with E-state index in [2.05, 4.69) is 16.9 Å². The van der Waals surface area contributed by atoms with Crippen LogP contribution in [0.25, 0.3) is 16.6 Å². The molecular weight excluding hydrogens is 369 g/mol. The van der Waals surface area contributed by atoms with Crippen molar-refractivity contribution in [3.05, 3.63) is 84.5 Å². The van der Waals surface area contributed by atoms with E-state index in [1.54, 1.807) is 67.1 Å². The van der Waals surface area contributed by atoms with E-state index < -0.39 is 0 Å². The standard InChI is InChI=1S/C23H22FN3O2/c1-5-9-16(18(24)6-2)22-26-19-13-12-15(14-20(19)27(22)3)25-23(28)17-10-7-8-11-21(17)29-4/h5-14H,1H2,2-4H3,(H,25,28)/b16-9+,18-6+. The van der Waals surface area contributed by atoms with E-state index in [0.717, 1.165) is 5.52 Å². The lowest BCUT2D eigenvalue weighted by Crippen LogP contribution is -2.13. The number of nitrogens with one attached hydrogen (secondary N) is 1. The van der Waals surface area contributed by atoms with Crippen molar-refractivity contribution >= 4 is 28.2 Å². The first-order chi connectivity index (χ1) is 14.0. The number of ether oxygens (including phenoxy) is 1. The van der Waals surface area contributed by atoms with Gasteiger partial charge in [-0.3, -0.25) is 4.79 Å². The number of nitrogens with zero attached hydrogens (tertiary/aromatic N) is 2. The zero-order valence-electron chi connectivity index (χ0n) is 16.6. The third-order valence-electron chi connectivity index (χ3n) is 4.53. The number of fused-ring (bicyclic) bond motifs is 1. The molecule has 148 valence electrons. The second-order valence-electron chi connectivity index (χ2n) is 6.30. The van der Waals surface area contributed by atoms with E-state index in [1.807, 2.05) is 0 Å². The fraction of sp³-hybridized carbons (Fsp3) is 0.130. The molecule has 6 heteroatoms. The molecule has 0 saturated carbocycles. The molecule has 1 heterocycles. The quantitative estimate of drug-likeness (QED) is 0.582. The number of hydrogen-bond donors (Lipinski definition) is 1. The molecule has 2 aromatic carbocycles. The van der Waals surface area contributed by atoms with E-state index in [-0.39, 0.29) is 11.7 Å². The highest BCUT2D eigenvalue weighted by Gasteiger charge is 2.17. The van der Waals surface area contributed by atoms with Gasteiger partial charge >= 0.3 is 0 Å². The molecule has 0 radical (unpaired) electrons. The van der Waals surface area contributed by atoms with Crippen LogP contribution in [-0.4, -0.2) is 22.6 Å². The lowest BCUT2D eigenvalue weighted by Gasteiger charge is -2.09. The molecule has 5 nitrogen and oxygen atoms in total. The van der Waals surface area contributed by atoms with Crippen LogP contribution < -0.4 is 10.1 Å². The van der Waals surface area contributed by atoms with Crippen molar-refractivity contribution in [3.63, 3.8) is 0 Å². The molecule has 3 aromatic rings. The highest BCUT2D eigenvalue weighted by Crippen LogP contribution is 2.28. The number of anilines is 1.